The van der Waals surface area contributed by atoms with Crippen LogP contribution >= 0.6 is 0 Å². The van der Waals surface area contributed by atoms with Crippen molar-refractivity contribution in [3.8, 4) is 6.07 Å². The minimum absolute atomic E-state index is 0.000269. The van der Waals surface area contributed by atoms with Gasteiger partial charge in [-0.2, -0.15) is 5.26 Å². The van der Waals surface area contributed by atoms with E-state index in [9.17, 15) is 14.4 Å². The van der Waals surface area contributed by atoms with Crippen molar-refractivity contribution in [1.29, 1.82) is 5.26 Å². The van der Waals surface area contributed by atoms with Gasteiger partial charge in [0, 0.05) is 17.8 Å². The molecule has 0 radical (unpaired) electrons. The molecule has 2 N–H and O–H groups in total. The van der Waals surface area contributed by atoms with Gasteiger partial charge < -0.3 is 15.4 Å². The topological polar surface area (TPSA) is 108 Å². The van der Waals surface area contributed by atoms with Crippen LogP contribution < -0.4 is 10.6 Å². The van der Waals surface area contributed by atoms with Crippen molar-refractivity contribution in [1.82, 2.24) is 5.32 Å². The van der Waals surface area contributed by atoms with Crippen molar-refractivity contribution in [2.75, 3.05) is 11.9 Å². The molecule has 0 aromatic heterocycles. The first-order valence-corrected chi connectivity index (χ1v) is 9.99. The second-order valence-corrected chi connectivity index (χ2v) is 8.15. The van der Waals surface area contributed by atoms with Crippen LogP contribution in [-0.4, -0.2) is 30.4 Å². The van der Waals surface area contributed by atoms with Crippen LogP contribution in [0.3, 0.4) is 0 Å². The number of esters is 1. The number of rotatable bonds is 7. The third kappa shape index (κ3) is 7.27. The molecular weight excluding hydrogens is 394 g/mol. The molecule has 0 saturated carbocycles. The first-order valence-electron chi connectivity index (χ1n) is 9.99. The summed E-state index contributed by atoms with van der Waals surface area (Å²) in [4.78, 5) is 36.4. The van der Waals surface area contributed by atoms with Crippen molar-refractivity contribution in [3.63, 3.8) is 0 Å². The number of carbonyl (C=O) groups excluding carboxylic acids is 3. The highest BCUT2D eigenvalue weighted by Gasteiger charge is 2.18. The molecule has 1 atom stereocenters. The van der Waals surface area contributed by atoms with Gasteiger partial charge in [0.1, 0.15) is 0 Å². The Bertz CT molecular complexity index is 985. The summed E-state index contributed by atoms with van der Waals surface area (Å²) >= 11 is 0. The van der Waals surface area contributed by atoms with E-state index in [4.69, 9.17) is 10.00 Å². The van der Waals surface area contributed by atoms with Crippen LogP contribution in [-0.2, 0) is 19.7 Å². The number of nitriles is 1. The number of anilines is 1. The average molecular weight is 421 g/mol. The van der Waals surface area contributed by atoms with Crippen molar-refractivity contribution in [3.05, 3.63) is 65.2 Å². The maximum Gasteiger partial charge on any atom is 0.308 e. The molecule has 0 bridgehead atoms. The number of nitrogens with one attached hydrogen (secondary N) is 2. The van der Waals surface area contributed by atoms with Gasteiger partial charge in [-0.1, -0.05) is 39.0 Å². The molecular formula is C24H27N3O4. The van der Waals surface area contributed by atoms with Gasteiger partial charge in [-0.3, -0.25) is 14.4 Å². The quantitative estimate of drug-likeness (QED) is 0.665. The lowest BCUT2D eigenvalue weighted by Crippen LogP contribution is -2.32. The second kappa shape index (κ2) is 10.4. The lowest BCUT2D eigenvalue weighted by atomic mass is 9.87. The lowest BCUT2D eigenvalue weighted by molar-refractivity contribution is -0.153. The standard InChI is InChI=1S/C24H27N3O4/c1-16(22(29)27-20-7-5-6-17(14-20)15-25)31-21(28)12-13-26-23(30)18-8-10-19(11-9-18)24(2,3)4/h5-11,14,16H,12-13H2,1-4H3,(H,26,30)(H,27,29)/t16-/m1/s1. The summed E-state index contributed by atoms with van der Waals surface area (Å²) in [5.74, 6) is -1.39. The molecule has 0 saturated heterocycles. The number of benzene rings is 2. The Hall–Kier alpha value is -3.66. The molecule has 0 heterocycles. The fraction of sp³-hybridized carbons (Fsp3) is 0.333. The van der Waals surface area contributed by atoms with E-state index in [1.165, 1.54) is 13.0 Å². The summed E-state index contributed by atoms with van der Waals surface area (Å²) in [5.41, 5.74) is 2.48. The van der Waals surface area contributed by atoms with Gasteiger partial charge >= 0.3 is 5.97 Å². The van der Waals surface area contributed by atoms with Crippen molar-refractivity contribution < 1.29 is 19.1 Å². The largest absolute Gasteiger partial charge is 0.452 e. The predicted molar refractivity (Wildman–Crippen MR) is 117 cm³/mol. The van der Waals surface area contributed by atoms with E-state index in [1.54, 1.807) is 30.3 Å². The monoisotopic (exact) mass is 421 g/mol. The zero-order valence-corrected chi connectivity index (χ0v) is 18.2. The van der Waals surface area contributed by atoms with Gasteiger partial charge in [-0.05, 0) is 48.2 Å². The normalized spacial score (nSPS) is 11.7. The van der Waals surface area contributed by atoms with E-state index in [2.05, 4.69) is 31.4 Å². The van der Waals surface area contributed by atoms with E-state index in [0.29, 0.717) is 16.8 Å². The molecule has 0 aliphatic rings. The van der Waals surface area contributed by atoms with Crippen molar-refractivity contribution >= 4 is 23.5 Å². The maximum absolute atomic E-state index is 12.2. The Morgan fingerprint density at radius 2 is 1.77 bits per heavy atom. The van der Waals surface area contributed by atoms with Gasteiger partial charge in [0.15, 0.2) is 6.10 Å². The highest BCUT2D eigenvalue weighted by Crippen LogP contribution is 2.22. The van der Waals surface area contributed by atoms with Gasteiger partial charge in [0.05, 0.1) is 18.1 Å². The molecule has 31 heavy (non-hydrogen) atoms. The van der Waals surface area contributed by atoms with E-state index >= 15 is 0 Å². The van der Waals surface area contributed by atoms with Crippen LogP contribution in [0.25, 0.3) is 0 Å². The first-order chi connectivity index (χ1) is 14.6. The Labute approximate surface area is 182 Å². The number of hydrogen-bond donors (Lipinski definition) is 2. The highest BCUT2D eigenvalue weighted by molar-refractivity contribution is 5.95. The Morgan fingerprint density at radius 3 is 2.39 bits per heavy atom. The summed E-state index contributed by atoms with van der Waals surface area (Å²) in [7, 11) is 0. The molecule has 7 heteroatoms. The van der Waals surface area contributed by atoms with Crippen LogP contribution in [0.5, 0.6) is 0 Å². The molecule has 2 rings (SSSR count). The Kier molecular flexibility index (Phi) is 7.92. The van der Waals surface area contributed by atoms with Crippen molar-refractivity contribution in [2.24, 2.45) is 0 Å². The summed E-state index contributed by atoms with van der Waals surface area (Å²) in [5, 5.41) is 14.2. The first kappa shape index (κ1) is 23.6. The summed E-state index contributed by atoms with van der Waals surface area (Å²) in [6.45, 7) is 7.84. The van der Waals surface area contributed by atoms with Gasteiger partial charge in [0.25, 0.3) is 11.8 Å². The molecule has 0 aliphatic carbocycles. The van der Waals surface area contributed by atoms with Crippen LogP contribution in [0.4, 0.5) is 5.69 Å². The summed E-state index contributed by atoms with van der Waals surface area (Å²) < 4.78 is 5.11. The summed E-state index contributed by atoms with van der Waals surface area (Å²) in [6, 6.07) is 15.7. The van der Waals surface area contributed by atoms with Gasteiger partial charge in [-0.25, -0.2) is 0 Å². The number of carbonyl (C=O) groups is 3. The van der Waals surface area contributed by atoms with Gasteiger partial charge in [0.2, 0.25) is 0 Å². The van der Waals surface area contributed by atoms with E-state index in [0.717, 1.165) is 5.56 Å². The fourth-order valence-corrected chi connectivity index (χ4v) is 2.72. The molecule has 2 amide bonds. The van der Waals surface area contributed by atoms with E-state index in [-0.39, 0.29) is 24.3 Å². The molecule has 0 unspecified atom stereocenters. The van der Waals surface area contributed by atoms with Crippen LogP contribution in [0.1, 0.15) is 55.6 Å². The minimum Gasteiger partial charge on any atom is -0.452 e. The minimum atomic E-state index is -1.01. The number of hydrogen-bond acceptors (Lipinski definition) is 5. The molecule has 7 nitrogen and oxygen atoms in total. The molecule has 2 aromatic carbocycles. The smallest absolute Gasteiger partial charge is 0.308 e. The maximum atomic E-state index is 12.2. The Balaban J connectivity index is 1.77. The van der Waals surface area contributed by atoms with Crippen LogP contribution in [0.2, 0.25) is 0 Å². The predicted octanol–water partition coefficient (Wildman–Crippen LogP) is 3.55. The fourth-order valence-electron chi connectivity index (χ4n) is 2.72. The molecule has 0 aliphatic heterocycles. The van der Waals surface area contributed by atoms with Gasteiger partial charge in [-0.15, -0.1) is 0 Å². The second-order valence-electron chi connectivity index (χ2n) is 8.15. The summed E-state index contributed by atoms with van der Waals surface area (Å²) in [6.07, 6.45) is -1.08. The molecule has 2 aromatic rings. The third-order valence-electron chi connectivity index (χ3n) is 4.56. The Morgan fingerprint density at radius 1 is 1.10 bits per heavy atom. The van der Waals surface area contributed by atoms with Crippen molar-refractivity contribution in [2.45, 2.75) is 45.6 Å². The third-order valence-corrected chi connectivity index (χ3v) is 4.56. The zero-order chi connectivity index (χ0) is 23.0. The number of ether oxygens (including phenoxy) is 1. The number of nitrogens with zero attached hydrogens (tertiary/aromatic N) is 1. The highest BCUT2D eigenvalue weighted by atomic mass is 16.5. The lowest BCUT2D eigenvalue weighted by Gasteiger charge is -2.19. The van der Waals surface area contributed by atoms with Crippen LogP contribution in [0, 0.1) is 11.3 Å². The SMILES string of the molecule is C[C@@H](OC(=O)CCNC(=O)c1ccc(C(C)(C)C)cc1)C(=O)Nc1cccc(C#N)c1. The molecule has 0 fully saturated rings. The van der Waals surface area contributed by atoms with E-state index < -0.39 is 18.0 Å². The molecule has 0 spiro atoms. The van der Waals surface area contributed by atoms with E-state index in [1.807, 2.05) is 18.2 Å². The number of amides is 2. The van der Waals surface area contributed by atoms with Crippen LogP contribution in [0.15, 0.2) is 48.5 Å². The zero-order valence-electron chi connectivity index (χ0n) is 18.2. The molecule has 162 valence electrons. The average Bonchev–Trinajstić information content (AvgIpc) is 2.73.